The molecule has 0 saturated heterocycles. The lowest BCUT2D eigenvalue weighted by atomic mass is 9.94. The van der Waals surface area contributed by atoms with Crippen molar-refractivity contribution < 1.29 is 9.18 Å². The van der Waals surface area contributed by atoms with Crippen LogP contribution in [0, 0.1) is 5.82 Å². The fourth-order valence-corrected chi connectivity index (χ4v) is 3.87. The van der Waals surface area contributed by atoms with Crippen molar-refractivity contribution >= 4 is 23.2 Å². The van der Waals surface area contributed by atoms with Gasteiger partial charge in [0.05, 0.1) is 17.4 Å². The van der Waals surface area contributed by atoms with Gasteiger partial charge in [0, 0.05) is 37.2 Å². The molecule has 1 saturated carbocycles. The van der Waals surface area contributed by atoms with Crippen molar-refractivity contribution in [2.24, 2.45) is 5.73 Å². The minimum Gasteiger partial charge on any atom is -0.365 e. The third kappa shape index (κ3) is 4.60. The van der Waals surface area contributed by atoms with Gasteiger partial charge in [-0.25, -0.2) is 19.3 Å². The number of anilines is 3. The maximum Gasteiger partial charge on any atom is 0.252 e. The van der Waals surface area contributed by atoms with Crippen molar-refractivity contribution in [3.63, 3.8) is 0 Å². The molecule has 1 amide bonds. The molecule has 3 heterocycles. The maximum atomic E-state index is 14.9. The number of hydrogen-bond donors (Lipinski definition) is 2. The Hall–Kier alpha value is -3.62. The highest BCUT2D eigenvalue weighted by molar-refractivity contribution is 5.98. The molecule has 0 atom stereocenters. The van der Waals surface area contributed by atoms with E-state index in [2.05, 4.69) is 25.3 Å². The Kier molecular flexibility index (Phi) is 6.01. The zero-order valence-electron chi connectivity index (χ0n) is 17.3. The van der Waals surface area contributed by atoms with E-state index in [-0.39, 0.29) is 23.2 Å². The molecule has 3 aromatic heterocycles. The predicted octanol–water partition coefficient (Wildman–Crippen LogP) is 3.68. The van der Waals surface area contributed by atoms with Gasteiger partial charge in [0.1, 0.15) is 5.82 Å². The van der Waals surface area contributed by atoms with Gasteiger partial charge in [0.15, 0.2) is 17.5 Å². The fraction of sp³-hybridized carbons (Fsp3) is 0.318. The number of nitrogens with zero attached hydrogens (tertiary/aromatic N) is 5. The van der Waals surface area contributed by atoms with Crippen molar-refractivity contribution in [1.29, 1.82) is 0 Å². The molecule has 4 rings (SSSR count). The Balaban J connectivity index is 1.68. The monoisotopic (exact) mass is 421 g/mol. The molecule has 1 aliphatic carbocycles. The number of carbonyl (C=O) groups is 1. The van der Waals surface area contributed by atoms with Crippen molar-refractivity contribution in [1.82, 2.24) is 19.9 Å². The summed E-state index contributed by atoms with van der Waals surface area (Å²) >= 11 is 0. The summed E-state index contributed by atoms with van der Waals surface area (Å²) in [6, 6.07) is 4.86. The van der Waals surface area contributed by atoms with Crippen LogP contribution in [0.4, 0.5) is 21.7 Å². The molecule has 1 aliphatic rings. The summed E-state index contributed by atoms with van der Waals surface area (Å²) in [6.07, 6.45) is 11.9. The minimum absolute atomic E-state index is 0.0281. The van der Waals surface area contributed by atoms with E-state index in [1.165, 1.54) is 6.42 Å². The van der Waals surface area contributed by atoms with E-state index in [1.807, 2.05) is 11.9 Å². The first-order chi connectivity index (χ1) is 15.0. The zero-order chi connectivity index (χ0) is 21.8. The van der Waals surface area contributed by atoms with Crippen LogP contribution >= 0.6 is 0 Å². The van der Waals surface area contributed by atoms with Gasteiger partial charge < -0.3 is 16.0 Å². The van der Waals surface area contributed by atoms with Gasteiger partial charge >= 0.3 is 0 Å². The molecule has 9 heteroatoms. The standard InChI is InChI=1S/C22H24FN7O/c1-30(16-6-3-2-4-7-16)22-18(23)11-17(19(24)31)21(29-22)28-15-10-14(12-25-13-15)20-26-8-5-9-27-20/h5,8-13,16H,2-4,6-7H2,1H3,(H2,24,31)(H,28,29). The Morgan fingerprint density at radius 2 is 1.90 bits per heavy atom. The molecule has 0 radical (unpaired) electrons. The molecule has 0 aromatic carbocycles. The van der Waals surface area contributed by atoms with Crippen LogP contribution in [0.25, 0.3) is 11.4 Å². The van der Waals surface area contributed by atoms with E-state index in [0.29, 0.717) is 17.1 Å². The molecule has 1 fully saturated rings. The molecule has 8 nitrogen and oxygen atoms in total. The van der Waals surface area contributed by atoms with Crippen LogP contribution < -0.4 is 16.0 Å². The first-order valence-corrected chi connectivity index (χ1v) is 10.3. The van der Waals surface area contributed by atoms with E-state index >= 15 is 0 Å². The molecule has 31 heavy (non-hydrogen) atoms. The number of pyridine rings is 2. The lowest BCUT2D eigenvalue weighted by Crippen LogP contribution is -2.35. The molecule has 3 aromatic rings. The van der Waals surface area contributed by atoms with Crippen molar-refractivity contribution in [2.45, 2.75) is 38.1 Å². The van der Waals surface area contributed by atoms with E-state index in [0.717, 1.165) is 31.7 Å². The second kappa shape index (κ2) is 9.03. The molecule has 0 unspecified atom stereocenters. The van der Waals surface area contributed by atoms with Crippen LogP contribution in [0.1, 0.15) is 42.5 Å². The smallest absolute Gasteiger partial charge is 0.252 e. The maximum absolute atomic E-state index is 14.9. The number of rotatable bonds is 6. The summed E-state index contributed by atoms with van der Waals surface area (Å²) in [6.45, 7) is 0. The Labute approximate surface area is 179 Å². The Bertz CT molecular complexity index is 1070. The van der Waals surface area contributed by atoms with E-state index in [4.69, 9.17) is 5.73 Å². The number of nitrogens with two attached hydrogens (primary N) is 1. The number of halogens is 1. The molecule has 160 valence electrons. The van der Waals surface area contributed by atoms with Crippen LogP contribution in [0.2, 0.25) is 0 Å². The SMILES string of the molecule is CN(c1nc(Nc2cncc(-c3ncccn3)c2)c(C(N)=O)cc1F)C1CCCCC1. The van der Waals surface area contributed by atoms with Crippen LogP contribution in [-0.4, -0.2) is 38.9 Å². The predicted molar refractivity (Wildman–Crippen MR) is 117 cm³/mol. The van der Waals surface area contributed by atoms with Crippen LogP contribution in [-0.2, 0) is 0 Å². The van der Waals surface area contributed by atoms with Gasteiger partial charge in [-0.3, -0.25) is 9.78 Å². The number of hydrogen-bond acceptors (Lipinski definition) is 7. The fourth-order valence-electron chi connectivity index (χ4n) is 3.87. The second-order valence-corrected chi connectivity index (χ2v) is 7.62. The summed E-state index contributed by atoms with van der Waals surface area (Å²) in [7, 11) is 1.84. The quantitative estimate of drug-likeness (QED) is 0.625. The normalized spacial score (nSPS) is 14.3. The van der Waals surface area contributed by atoms with Gasteiger partial charge in [0.25, 0.3) is 5.91 Å². The topological polar surface area (TPSA) is 110 Å². The van der Waals surface area contributed by atoms with E-state index in [9.17, 15) is 9.18 Å². The lowest BCUT2D eigenvalue weighted by molar-refractivity contribution is 0.100. The Morgan fingerprint density at radius 3 is 2.61 bits per heavy atom. The summed E-state index contributed by atoms with van der Waals surface area (Å²) < 4.78 is 14.9. The second-order valence-electron chi connectivity index (χ2n) is 7.62. The highest BCUT2D eigenvalue weighted by Gasteiger charge is 2.24. The number of nitrogens with one attached hydrogen (secondary N) is 1. The molecular weight excluding hydrogens is 397 g/mol. The van der Waals surface area contributed by atoms with Gasteiger partial charge in [0.2, 0.25) is 0 Å². The largest absolute Gasteiger partial charge is 0.365 e. The number of primary amides is 1. The van der Waals surface area contributed by atoms with Crippen LogP contribution in [0.5, 0.6) is 0 Å². The number of carbonyl (C=O) groups excluding carboxylic acids is 1. The van der Waals surface area contributed by atoms with Crippen molar-refractivity contribution in [2.75, 3.05) is 17.3 Å². The highest BCUT2D eigenvalue weighted by Crippen LogP contribution is 2.30. The third-order valence-corrected chi connectivity index (χ3v) is 5.50. The zero-order valence-corrected chi connectivity index (χ0v) is 17.3. The molecular formula is C22H24FN7O. The van der Waals surface area contributed by atoms with Crippen LogP contribution in [0.3, 0.4) is 0 Å². The van der Waals surface area contributed by atoms with E-state index in [1.54, 1.807) is 36.9 Å². The van der Waals surface area contributed by atoms with Gasteiger partial charge in [-0.1, -0.05) is 19.3 Å². The van der Waals surface area contributed by atoms with Gasteiger partial charge in [-0.05, 0) is 31.0 Å². The highest BCUT2D eigenvalue weighted by atomic mass is 19.1. The summed E-state index contributed by atoms with van der Waals surface area (Å²) in [5, 5.41) is 3.07. The molecule has 0 aliphatic heterocycles. The Morgan fingerprint density at radius 1 is 1.16 bits per heavy atom. The lowest BCUT2D eigenvalue weighted by Gasteiger charge is -2.32. The molecule has 0 spiro atoms. The average molecular weight is 421 g/mol. The van der Waals surface area contributed by atoms with Crippen molar-refractivity contribution in [3.8, 4) is 11.4 Å². The van der Waals surface area contributed by atoms with E-state index < -0.39 is 11.7 Å². The van der Waals surface area contributed by atoms with Gasteiger partial charge in [-0.2, -0.15) is 0 Å². The molecule has 3 N–H and O–H groups in total. The first-order valence-electron chi connectivity index (χ1n) is 10.3. The summed E-state index contributed by atoms with van der Waals surface area (Å²) in [4.78, 5) is 30.9. The van der Waals surface area contributed by atoms with Crippen LogP contribution in [0.15, 0.2) is 43.0 Å². The number of amides is 1. The average Bonchev–Trinajstić information content (AvgIpc) is 2.81. The van der Waals surface area contributed by atoms with Gasteiger partial charge in [-0.15, -0.1) is 0 Å². The summed E-state index contributed by atoms with van der Waals surface area (Å²) in [5.74, 6) is -0.457. The van der Waals surface area contributed by atoms with Crippen molar-refractivity contribution in [3.05, 3.63) is 54.4 Å². The number of aromatic nitrogens is 4. The minimum atomic E-state index is -0.767. The molecule has 0 bridgehead atoms. The third-order valence-electron chi connectivity index (χ3n) is 5.50. The summed E-state index contributed by atoms with van der Waals surface area (Å²) in [5.41, 5.74) is 6.71. The first kappa shape index (κ1) is 20.6.